The number of benzene rings is 1. The number of carbonyl (C=O) groups excluding carboxylic acids is 1. The van der Waals surface area contributed by atoms with Gasteiger partial charge in [0.25, 0.3) is 0 Å². The second-order valence-corrected chi connectivity index (χ2v) is 7.42. The zero-order chi connectivity index (χ0) is 16.4. The third-order valence-corrected chi connectivity index (χ3v) is 5.75. The van der Waals surface area contributed by atoms with Crippen LogP contribution in [0.5, 0.6) is 0 Å². The molecule has 0 bridgehead atoms. The van der Waals surface area contributed by atoms with Gasteiger partial charge < -0.3 is 9.80 Å². The topological polar surface area (TPSA) is 23.6 Å². The molecule has 0 radical (unpaired) electrons. The van der Waals surface area contributed by atoms with Crippen LogP contribution in [-0.4, -0.2) is 36.0 Å². The van der Waals surface area contributed by atoms with E-state index in [1.54, 1.807) is 0 Å². The molecule has 0 spiro atoms. The summed E-state index contributed by atoms with van der Waals surface area (Å²) in [7, 11) is 0. The zero-order valence-electron chi connectivity index (χ0n) is 14.8. The standard InChI is InChI=1S/C20H30N2O/c1-15-7-4-5-10-19(15)21-13-11-18(12-14-21)20(23)22-16(2)8-6-9-17(22)3/h4-5,7,10,16-18H,6,8-9,11-14H2,1-3H3. The lowest BCUT2D eigenvalue weighted by molar-refractivity contribution is -0.142. The molecule has 2 aliphatic heterocycles. The summed E-state index contributed by atoms with van der Waals surface area (Å²) in [5.74, 6) is 0.632. The van der Waals surface area contributed by atoms with E-state index in [4.69, 9.17) is 0 Å². The maximum atomic E-state index is 13.0. The summed E-state index contributed by atoms with van der Waals surface area (Å²) in [6.07, 6.45) is 5.57. The molecule has 2 atom stereocenters. The summed E-state index contributed by atoms with van der Waals surface area (Å²) in [4.78, 5) is 17.6. The molecular weight excluding hydrogens is 284 g/mol. The molecule has 2 unspecified atom stereocenters. The number of likely N-dealkylation sites (tertiary alicyclic amines) is 1. The highest BCUT2D eigenvalue weighted by molar-refractivity contribution is 5.80. The molecule has 3 nitrogen and oxygen atoms in total. The van der Waals surface area contributed by atoms with E-state index in [9.17, 15) is 4.79 Å². The van der Waals surface area contributed by atoms with Crippen LogP contribution in [0.15, 0.2) is 24.3 Å². The Labute approximate surface area is 140 Å². The largest absolute Gasteiger partial charge is 0.371 e. The average molecular weight is 314 g/mol. The lowest BCUT2D eigenvalue weighted by Gasteiger charge is -2.43. The Kier molecular flexibility index (Phi) is 4.93. The van der Waals surface area contributed by atoms with Crippen molar-refractivity contribution in [2.75, 3.05) is 18.0 Å². The molecule has 1 aromatic rings. The quantitative estimate of drug-likeness (QED) is 0.824. The average Bonchev–Trinajstić information content (AvgIpc) is 2.55. The number of hydrogen-bond donors (Lipinski definition) is 0. The van der Waals surface area contributed by atoms with Gasteiger partial charge in [-0.1, -0.05) is 18.2 Å². The van der Waals surface area contributed by atoms with Crippen molar-refractivity contribution in [2.24, 2.45) is 5.92 Å². The van der Waals surface area contributed by atoms with E-state index in [1.165, 1.54) is 17.7 Å². The van der Waals surface area contributed by atoms with Gasteiger partial charge in [-0.2, -0.15) is 0 Å². The molecule has 0 aliphatic carbocycles. The first-order valence-electron chi connectivity index (χ1n) is 9.20. The fourth-order valence-electron chi connectivity index (χ4n) is 4.35. The number of carbonyl (C=O) groups is 1. The molecule has 0 N–H and O–H groups in total. The van der Waals surface area contributed by atoms with Gasteiger partial charge in [0.2, 0.25) is 5.91 Å². The van der Waals surface area contributed by atoms with Crippen LogP contribution in [0, 0.1) is 12.8 Å². The van der Waals surface area contributed by atoms with Gasteiger partial charge in [-0.05, 0) is 64.5 Å². The Bertz CT molecular complexity index is 538. The van der Waals surface area contributed by atoms with E-state index in [1.807, 2.05) is 0 Å². The fraction of sp³-hybridized carbons (Fsp3) is 0.650. The molecule has 1 amide bonds. The number of anilines is 1. The molecule has 3 rings (SSSR count). The Morgan fingerprint density at radius 3 is 2.22 bits per heavy atom. The summed E-state index contributed by atoms with van der Waals surface area (Å²) in [5, 5.41) is 0. The van der Waals surface area contributed by atoms with Crippen molar-refractivity contribution < 1.29 is 4.79 Å². The minimum atomic E-state index is 0.221. The van der Waals surface area contributed by atoms with Crippen molar-refractivity contribution in [3.8, 4) is 0 Å². The van der Waals surface area contributed by atoms with Crippen molar-refractivity contribution in [3.63, 3.8) is 0 Å². The van der Waals surface area contributed by atoms with Crippen LogP contribution >= 0.6 is 0 Å². The summed E-state index contributed by atoms with van der Waals surface area (Å²) < 4.78 is 0. The van der Waals surface area contributed by atoms with E-state index in [2.05, 4.69) is 54.8 Å². The van der Waals surface area contributed by atoms with Gasteiger partial charge in [-0.15, -0.1) is 0 Å². The maximum absolute atomic E-state index is 13.0. The lowest BCUT2D eigenvalue weighted by atomic mass is 9.90. The highest BCUT2D eigenvalue weighted by Crippen LogP contribution is 2.30. The molecule has 23 heavy (non-hydrogen) atoms. The number of rotatable bonds is 2. The number of piperidine rings is 2. The second-order valence-electron chi connectivity index (χ2n) is 7.42. The summed E-state index contributed by atoms with van der Waals surface area (Å²) in [5.41, 5.74) is 2.66. The van der Waals surface area contributed by atoms with Gasteiger partial charge in [0.1, 0.15) is 0 Å². The predicted molar refractivity (Wildman–Crippen MR) is 95.7 cm³/mol. The van der Waals surface area contributed by atoms with Crippen molar-refractivity contribution in [2.45, 2.75) is 65.0 Å². The maximum Gasteiger partial charge on any atom is 0.226 e. The number of hydrogen-bond acceptors (Lipinski definition) is 2. The highest BCUT2D eigenvalue weighted by atomic mass is 16.2. The van der Waals surface area contributed by atoms with Crippen LogP contribution in [0.4, 0.5) is 5.69 Å². The number of para-hydroxylation sites is 1. The third kappa shape index (κ3) is 3.39. The summed E-state index contributed by atoms with van der Waals surface area (Å²) in [6, 6.07) is 9.40. The Hall–Kier alpha value is -1.51. The monoisotopic (exact) mass is 314 g/mol. The van der Waals surface area contributed by atoms with E-state index in [0.717, 1.165) is 38.8 Å². The van der Waals surface area contributed by atoms with Gasteiger partial charge in [-0.3, -0.25) is 4.79 Å². The second kappa shape index (κ2) is 6.94. The van der Waals surface area contributed by atoms with Crippen LogP contribution < -0.4 is 4.90 Å². The molecule has 3 heteroatoms. The smallest absolute Gasteiger partial charge is 0.226 e. The molecule has 2 heterocycles. The molecule has 2 saturated heterocycles. The lowest BCUT2D eigenvalue weighted by Crippen LogP contribution is -2.51. The normalized spacial score (nSPS) is 26.4. The highest BCUT2D eigenvalue weighted by Gasteiger charge is 2.35. The molecular formula is C20H30N2O. The van der Waals surface area contributed by atoms with E-state index < -0.39 is 0 Å². The van der Waals surface area contributed by atoms with Crippen molar-refractivity contribution in [1.29, 1.82) is 0 Å². The molecule has 2 aliphatic rings. The van der Waals surface area contributed by atoms with Crippen molar-refractivity contribution in [3.05, 3.63) is 29.8 Å². The number of aryl methyl sites for hydroxylation is 1. The Morgan fingerprint density at radius 1 is 1.00 bits per heavy atom. The van der Waals surface area contributed by atoms with Gasteiger partial charge in [-0.25, -0.2) is 0 Å². The molecule has 0 aromatic heterocycles. The van der Waals surface area contributed by atoms with Crippen LogP contribution in [0.25, 0.3) is 0 Å². The minimum absolute atomic E-state index is 0.221. The first-order chi connectivity index (χ1) is 11.1. The van der Waals surface area contributed by atoms with Crippen LogP contribution in [0.1, 0.15) is 51.5 Å². The van der Waals surface area contributed by atoms with Gasteiger partial charge in [0, 0.05) is 36.8 Å². The fourth-order valence-corrected chi connectivity index (χ4v) is 4.35. The predicted octanol–water partition coefficient (Wildman–Crippen LogP) is 4.00. The Balaban J connectivity index is 1.62. The molecule has 0 saturated carbocycles. The van der Waals surface area contributed by atoms with Gasteiger partial charge in [0.05, 0.1) is 0 Å². The van der Waals surface area contributed by atoms with Crippen LogP contribution in [0.3, 0.4) is 0 Å². The van der Waals surface area contributed by atoms with E-state index in [0.29, 0.717) is 18.0 Å². The minimum Gasteiger partial charge on any atom is -0.371 e. The van der Waals surface area contributed by atoms with Crippen molar-refractivity contribution >= 4 is 11.6 Å². The molecule has 1 aromatic carbocycles. The number of amides is 1. The zero-order valence-corrected chi connectivity index (χ0v) is 14.8. The van der Waals surface area contributed by atoms with Crippen LogP contribution in [0.2, 0.25) is 0 Å². The summed E-state index contributed by atoms with van der Waals surface area (Å²) >= 11 is 0. The first-order valence-corrected chi connectivity index (χ1v) is 9.20. The van der Waals surface area contributed by atoms with Gasteiger partial charge in [0.15, 0.2) is 0 Å². The molecule has 126 valence electrons. The SMILES string of the molecule is Cc1ccccc1N1CCC(C(=O)N2C(C)CCCC2C)CC1. The Morgan fingerprint density at radius 2 is 1.61 bits per heavy atom. The van der Waals surface area contributed by atoms with E-state index in [-0.39, 0.29) is 5.92 Å². The molecule has 2 fully saturated rings. The number of nitrogens with zero attached hydrogens (tertiary/aromatic N) is 2. The third-order valence-electron chi connectivity index (χ3n) is 5.75. The van der Waals surface area contributed by atoms with Gasteiger partial charge >= 0.3 is 0 Å². The van der Waals surface area contributed by atoms with E-state index >= 15 is 0 Å². The first kappa shape index (κ1) is 16.4. The summed E-state index contributed by atoms with van der Waals surface area (Å²) in [6.45, 7) is 8.60. The van der Waals surface area contributed by atoms with Crippen molar-refractivity contribution in [1.82, 2.24) is 4.90 Å². The van der Waals surface area contributed by atoms with Crippen LogP contribution in [-0.2, 0) is 4.79 Å².